The lowest BCUT2D eigenvalue weighted by molar-refractivity contribution is -0.157. The van der Waals surface area contributed by atoms with Crippen LogP contribution in [0.2, 0.25) is 0 Å². The van der Waals surface area contributed by atoms with Gasteiger partial charge in [-0.15, -0.1) is 11.3 Å². The summed E-state index contributed by atoms with van der Waals surface area (Å²) in [6.45, 7) is 2.64. The number of aromatic nitrogens is 2. The third kappa shape index (κ3) is 5.48. The number of hydrogen-bond donors (Lipinski definition) is 1. The van der Waals surface area contributed by atoms with Gasteiger partial charge < -0.3 is 10.1 Å². The fraction of sp³-hybridized carbons (Fsp3) is 0.400. The summed E-state index contributed by atoms with van der Waals surface area (Å²) in [7, 11) is 1.32. The number of piperidine rings is 1. The molecule has 3 heterocycles. The Labute approximate surface area is 206 Å². The summed E-state index contributed by atoms with van der Waals surface area (Å²) in [6, 6.07) is 6.88. The SMILES string of the molecule is CCC1CC(Cc2nc(Nc3nccs3)ccc2F)(C(=O)OC)CCN1Cc1cccc(F)c1F. The van der Waals surface area contributed by atoms with Crippen LogP contribution in [0.4, 0.5) is 24.1 Å². The number of ether oxygens (including phenoxy) is 1. The molecule has 0 amide bonds. The van der Waals surface area contributed by atoms with Crippen molar-refractivity contribution in [2.24, 2.45) is 5.41 Å². The van der Waals surface area contributed by atoms with Gasteiger partial charge in [0.25, 0.3) is 0 Å². The predicted octanol–water partition coefficient (Wildman–Crippen LogP) is 5.48. The number of anilines is 2. The Morgan fingerprint density at radius 2 is 2.09 bits per heavy atom. The number of halogens is 3. The average molecular weight is 505 g/mol. The normalized spacial score (nSPS) is 20.5. The third-order valence-electron chi connectivity index (χ3n) is 6.61. The zero-order valence-corrected chi connectivity index (χ0v) is 20.4. The minimum absolute atomic E-state index is 0.0670. The number of thiazole rings is 1. The van der Waals surface area contributed by atoms with Crippen LogP contribution in [-0.2, 0) is 22.5 Å². The number of likely N-dealkylation sites (tertiary alicyclic amines) is 1. The van der Waals surface area contributed by atoms with E-state index in [1.165, 1.54) is 36.6 Å². The number of pyridine rings is 1. The Morgan fingerprint density at radius 3 is 2.80 bits per heavy atom. The maximum atomic E-state index is 14.8. The molecule has 186 valence electrons. The molecule has 10 heteroatoms. The molecule has 1 N–H and O–H groups in total. The molecule has 6 nitrogen and oxygen atoms in total. The minimum Gasteiger partial charge on any atom is -0.469 e. The molecule has 4 rings (SSSR count). The van der Waals surface area contributed by atoms with Gasteiger partial charge in [0.1, 0.15) is 11.6 Å². The molecule has 3 aromatic rings. The highest BCUT2D eigenvalue weighted by Gasteiger charge is 2.46. The van der Waals surface area contributed by atoms with Gasteiger partial charge in [0.2, 0.25) is 0 Å². The zero-order valence-electron chi connectivity index (χ0n) is 19.6. The average Bonchev–Trinajstić information content (AvgIpc) is 3.37. The van der Waals surface area contributed by atoms with Crippen molar-refractivity contribution >= 4 is 28.3 Å². The molecule has 0 bridgehead atoms. The van der Waals surface area contributed by atoms with Crippen LogP contribution in [0.1, 0.15) is 37.4 Å². The lowest BCUT2D eigenvalue weighted by Gasteiger charge is -2.45. The second-order valence-electron chi connectivity index (χ2n) is 8.74. The minimum atomic E-state index is -0.986. The van der Waals surface area contributed by atoms with Crippen LogP contribution < -0.4 is 5.32 Å². The van der Waals surface area contributed by atoms with Gasteiger partial charge in [0.05, 0.1) is 18.2 Å². The van der Waals surface area contributed by atoms with Gasteiger partial charge in [-0.3, -0.25) is 9.69 Å². The molecule has 2 unspecified atom stereocenters. The van der Waals surface area contributed by atoms with E-state index in [2.05, 4.69) is 15.3 Å². The number of benzene rings is 1. The first-order valence-electron chi connectivity index (χ1n) is 11.4. The molecule has 0 radical (unpaired) electrons. The van der Waals surface area contributed by atoms with Crippen LogP contribution in [0.5, 0.6) is 0 Å². The number of methoxy groups -OCH3 is 1. The van der Waals surface area contributed by atoms with Crippen molar-refractivity contribution in [1.82, 2.24) is 14.9 Å². The molecule has 1 aliphatic heterocycles. The third-order valence-corrected chi connectivity index (χ3v) is 7.30. The van der Waals surface area contributed by atoms with Gasteiger partial charge in [-0.2, -0.15) is 0 Å². The first-order valence-corrected chi connectivity index (χ1v) is 12.3. The van der Waals surface area contributed by atoms with Crippen molar-refractivity contribution in [3.8, 4) is 0 Å². The van der Waals surface area contributed by atoms with E-state index in [0.717, 1.165) is 6.07 Å². The molecule has 1 fully saturated rings. The number of carbonyl (C=O) groups is 1. The highest BCUT2D eigenvalue weighted by Crippen LogP contribution is 2.41. The summed E-state index contributed by atoms with van der Waals surface area (Å²) in [5.74, 6) is -2.24. The Morgan fingerprint density at radius 1 is 1.26 bits per heavy atom. The van der Waals surface area contributed by atoms with Gasteiger partial charge >= 0.3 is 5.97 Å². The molecule has 2 aromatic heterocycles. The standard InChI is InChI=1S/C25H27F3N4O2S/c1-3-17-13-25(23(33)34-2,9-11-32(17)15-16-5-4-6-19(27)22(16)28)14-20-18(26)7-8-21(30-20)31-24-29-10-12-35-24/h4-8,10,12,17H,3,9,11,13-15H2,1-2H3,(H,29,30,31). The van der Waals surface area contributed by atoms with Gasteiger partial charge in [0.15, 0.2) is 16.8 Å². The predicted molar refractivity (Wildman–Crippen MR) is 128 cm³/mol. The van der Waals surface area contributed by atoms with Crippen LogP contribution in [0.3, 0.4) is 0 Å². The van der Waals surface area contributed by atoms with Gasteiger partial charge in [0, 0.05) is 36.1 Å². The van der Waals surface area contributed by atoms with Crippen LogP contribution in [0.15, 0.2) is 41.9 Å². The molecule has 2 atom stereocenters. The van der Waals surface area contributed by atoms with Crippen molar-refractivity contribution in [2.45, 2.75) is 45.2 Å². The summed E-state index contributed by atoms with van der Waals surface area (Å²) in [6.07, 6.45) is 3.16. The lowest BCUT2D eigenvalue weighted by Crippen LogP contribution is -2.51. The summed E-state index contributed by atoms with van der Waals surface area (Å²) < 4.78 is 48.0. The fourth-order valence-corrected chi connectivity index (χ4v) is 5.29. The van der Waals surface area contributed by atoms with E-state index in [1.54, 1.807) is 12.3 Å². The summed E-state index contributed by atoms with van der Waals surface area (Å²) in [4.78, 5) is 23.7. The highest BCUT2D eigenvalue weighted by atomic mass is 32.1. The van der Waals surface area contributed by atoms with E-state index in [4.69, 9.17) is 4.74 Å². The van der Waals surface area contributed by atoms with Crippen LogP contribution in [-0.4, -0.2) is 40.5 Å². The molecule has 0 saturated carbocycles. The van der Waals surface area contributed by atoms with E-state index >= 15 is 0 Å². The lowest BCUT2D eigenvalue weighted by atomic mass is 9.71. The van der Waals surface area contributed by atoms with Crippen molar-refractivity contribution in [1.29, 1.82) is 0 Å². The molecule has 0 spiro atoms. The Balaban J connectivity index is 1.57. The summed E-state index contributed by atoms with van der Waals surface area (Å²) in [5.41, 5.74) is -0.556. The molecular weight excluding hydrogens is 477 g/mol. The van der Waals surface area contributed by atoms with E-state index in [0.29, 0.717) is 36.8 Å². The molecule has 1 saturated heterocycles. The number of hydrogen-bond acceptors (Lipinski definition) is 7. The van der Waals surface area contributed by atoms with E-state index in [9.17, 15) is 18.0 Å². The number of rotatable bonds is 8. The van der Waals surface area contributed by atoms with Gasteiger partial charge in [-0.05, 0) is 44.0 Å². The molecule has 35 heavy (non-hydrogen) atoms. The van der Waals surface area contributed by atoms with Crippen molar-refractivity contribution in [3.05, 3.63) is 70.6 Å². The highest BCUT2D eigenvalue weighted by molar-refractivity contribution is 7.13. The molecule has 1 aromatic carbocycles. The summed E-state index contributed by atoms with van der Waals surface area (Å²) in [5, 5.41) is 5.49. The number of nitrogens with one attached hydrogen (secondary N) is 1. The van der Waals surface area contributed by atoms with Crippen molar-refractivity contribution < 1.29 is 22.7 Å². The molecule has 0 aliphatic carbocycles. The fourth-order valence-electron chi connectivity index (χ4n) is 4.75. The number of esters is 1. The van der Waals surface area contributed by atoms with Crippen LogP contribution in [0.25, 0.3) is 0 Å². The first-order chi connectivity index (χ1) is 16.8. The van der Waals surface area contributed by atoms with Crippen molar-refractivity contribution in [3.63, 3.8) is 0 Å². The second-order valence-corrected chi connectivity index (χ2v) is 9.63. The van der Waals surface area contributed by atoms with Crippen LogP contribution in [0, 0.1) is 22.9 Å². The van der Waals surface area contributed by atoms with Crippen LogP contribution >= 0.6 is 11.3 Å². The Hall–Kier alpha value is -2.98. The number of carbonyl (C=O) groups excluding carboxylic acids is 1. The van der Waals surface area contributed by atoms with E-state index in [1.807, 2.05) is 17.2 Å². The zero-order chi connectivity index (χ0) is 25.0. The van der Waals surface area contributed by atoms with E-state index in [-0.39, 0.29) is 30.3 Å². The van der Waals surface area contributed by atoms with Crippen molar-refractivity contribution in [2.75, 3.05) is 19.0 Å². The Bertz CT molecular complexity index is 1180. The number of nitrogens with zero attached hydrogens (tertiary/aromatic N) is 3. The quantitative estimate of drug-likeness (QED) is 0.410. The topological polar surface area (TPSA) is 67.3 Å². The maximum absolute atomic E-state index is 14.8. The maximum Gasteiger partial charge on any atom is 0.312 e. The first kappa shape index (κ1) is 25.1. The molecule has 1 aliphatic rings. The largest absolute Gasteiger partial charge is 0.469 e. The summed E-state index contributed by atoms with van der Waals surface area (Å²) >= 11 is 1.39. The molecular formula is C25H27F3N4O2S. The monoisotopic (exact) mass is 504 g/mol. The van der Waals surface area contributed by atoms with Gasteiger partial charge in [-0.25, -0.2) is 23.1 Å². The van der Waals surface area contributed by atoms with E-state index < -0.39 is 28.8 Å². The Kier molecular flexibility index (Phi) is 7.71. The smallest absolute Gasteiger partial charge is 0.312 e. The van der Waals surface area contributed by atoms with Gasteiger partial charge in [-0.1, -0.05) is 19.1 Å². The second kappa shape index (κ2) is 10.7.